The van der Waals surface area contributed by atoms with Crippen molar-refractivity contribution in [3.05, 3.63) is 66.5 Å². The standard InChI is InChI=1S/C21H21Cl2N3O5/c1-31-20-16(22)8-12(9-17(20)23)11-24-19-10-14(26(29)30)4-7-18(19)25(21(24)28)13-2-5-15(27)6-3-13/h4,7-10,13,15,27H,2-3,5-6,11H2,1H3/t13-,15-. The molecule has 1 fully saturated rings. The first kappa shape index (κ1) is 21.7. The Morgan fingerprint density at radius 2 is 1.77 bits per heavy atom. The molecule has 1 aromatic heterocycles. The van der Waals surface area contributed by atoms with Crippen LogP contribution in [0.3, 0.4) is 0 Å². The van der Waals surface area contributed by atoms with Gasteiger partial charge in [-0.25, -0.2) is 4.79 Å². The minimum Gasteiger partial charge on any atom is -0.494 e. The lowest BCUT2D eigenvalue weighted by atomic mass is 9.93. The molecular weight excluding hydrogens is 445 g/mol. The normalized spacial score (nSPS) is 19.0. The van der Waals surface area contributed by atoms with Gasteiger partial charge >= 0.3 is 5.69 Å². The molecule has 10 heteroatoms. The van der Waals surface area contributed by atoms with Gasteiger partial charge in [-0.1, -0.05) is 23.2 Å². The molecule has 0 saturated heterocycles. The smallest absolute Gasteiger partial charge is 0.329 e. The predicted octanol–water partition coefficient (Wildman–Crippen LogP) is 4.55. The zero-order valence-electron chi connectivity index (χ0n) is 16.8. The number of aromatic nitrogens is 2. The molecule has 1 saturated carbocycles. The maximum atomic E-state index is 13.5. The molecule has 0 aliphatic heterocycles. The summed E-state index contributed by atoms with van der Waals surface area (Å²) in [6.45, 7) is 0.141. The zero-order chi connectivity index (χ0) is 22.3. The summed E-state index contributed by atoms with van der Waals surface area (Å²) >= 11 is 12.5. The van der Waals surface area contributed by atoms with E-state index < -0.39 is 4.92 Å². The van der Waals surface area contributed by atoms with Gasteiger partial charge in [0.1, 0.15) is 0 Å². The van der Waals surface area contributed by atoms with Crippen LogP contribution in [0.4, 0.5) is 5.69 Å². The van der Waals surface area contributed by atoms with Crippen molar-refractivity contribution in [1.82, 2.24) is 9.13 Å². The fourth-order valence-electron chi connectivity index (χ4n) is 4.28. The predicted molar refractivity (Wildman–Crippen MR) is 118 cm³/mol. The number of fused-ring (bicyclic) bond motifs is 1. The summed E-state index contributed by atoms with van der Waals surface area (Å²) < 4.78 is 8.37. The van der Waals surface area contributed by atoms with Gasteiger partial charge in [-0.2, -0.15) is 0 Å². The van der Waals surface area contributed by atoms with Crippen LogP contribution in [0, 0.1) is 10.1 Å². The number of hydrogen-bond donors (Lipinski definition) is 1. The number of aliphatic hydroxyl groups is 1. The Bertz CT molecular complexity index is 1190. The molecule has 0 amide bonds. The van der Waals surface area contributed by atoms with E-state index in [1.165, 1.54) is 23.8 Å². The number of aliphatic hydroxyl groups excluding tert-OH is 1. The first-order chi connectivity index (χ1) is 14.8. The Kier molecular flexibility index (Phi) is 5.96. The number of nitrogens with zero attached hydrogens (tertiary/aromatic N) is 3. The molecule has 8 nitrogen and oxygen atoms in total. The first-order valence-corrected chi connectivity index (χ1v) is 10.6. The second-order valence-corrected chi connectivity index (χ2v) is 8.54. The molecule has 1 N–H and O–H groups in total. The van der Waals surface area contributed by atoms with Gasteiger partial charge < -0.3 is 9.84 Å². The number of halogens is 2. The Morgan fingerprint density at radius 3 is 2.35 bits per heavy atom. The highest BCUT2D eigenvalue weighted by molar-refractivity contribution is 6.37. The van der Waals surface area contributed by atoms with Crippen molar-refractivity contribution >= 4 is 39.9 Å². The number of methoxy groups -OCH3 is 1. The average Bonchev–Trinajstić information content (AvgIpc) is 2.99. The van der Waals surface area contributed by atoms with Crippen LogP contribution in [-0.4, -0.2) is 32.4 Å². The molecule has 2 aromatic carbocycles. The Hall–Kier alpha value is -2.55. The van der Waals surface area contributed by atoms with Gasteiger partial charge in [-0.3, -0.25) is 19.2 Å². The molecule has 0 radical (unpaired) electrons. The van der Waals surface area contributed by atoms with Crippen molar-refractivity contribution < 1.29 is 14.8 Å². The van der Waals surface area contributed by atoms with E-state index in [-0.39, 0.29) is 30.1 Å². The number of non-ortho nitro benzene ring substituents is 1. The lowest BCUT2D eigenvalue weighted by Crippen LogP contribution is -2.31. The highest BCUT2D eigenvalue weighted by Gasteiger charge is 2.26. The van der Waals surface area contributed by atoms with E-state index in [2.05, 4.69) is 0 Å². The Morgan fingerprint density at radius 1 is 1.13 bits per heavy atom. The van der Waals surface area contributed by atoms with E-state index in [0.717, 1.165) is 0 Å². The lowest BCUT2D eigenvalue weighted by Gasteiger charge is -2.26. The molecule has 164 valence electrons. The molecule has 1 aliphatic rings. The van der Waals surface area contributed by atoms with Crippen molar-refractivity contribution in [2.75, 3.05) is 7.11 Å². The van der Waals surface area contributed by atoms with Crippen LogP contribution < -0.4 is 10.4 Å². The maximum absolute atomic E-state index is 13.5. The Balaban J connectivity index is 1.85. The molecule has 4 rings (SSSR count). The minimum absolute atomic E-state index is 0.0795. The van der Waals surface area contributed by atoms with Gasteiger partial charge in [0.05, 0.1) is 45.8 Å². The van der Waals surface area contributed by atoms with Crippen LogP contribution in [-0.2, 0) is 6.54 Å². The van der Waals surface area contributed by atoms with Gasteiger partial charge in [0.25, 0.3) is 5.69 Å². The third-order valence-corrected chi connectivity index (χ3v) is 6.35. The summed E-state index contributed by atoms with van der Waals surface area (Å²) in [6, 6.07) is 7.68. The number of rotatable bonds is 5. The van der Waals surface area contributed by atoms with Crippen molar-refractivity contribution in [2.45, 2.75) is 44.4 Å². The van der Waals surface area contributed by atoms with Gasteiger partial charge in [-0.05, 0) is 49.4 Å². The van der Waals surface area contributed by atoms with E-state index in [0.29, 0.717) is 58.1 Å². The van der Waals surface area contributed by atoms with Crippen molar-refractivity contribution in [2.24, 2.45) is 0 Å². The average molecular weight is 466 g/mol. The molecule has 31 heavy (non-hydrogen) atoms. The van der Waals surface area contributed by atoms with Crippen LogP contribution in [0.15, 0.2) is 35.1 Å². The van der Waals surface area contributed by atoms with Gasteiger partial charge in [0.15, 0.2) is 5.75 Å². The summed E-state index contributed by atoms with van der Waals surface area (Å²) in [7, 11) is 1.46. The highest BCUT2D eigenvalue weighted by atomic mass is 35.5. The summed E-state index contributed by atoms with van der Waals surface area (Å²) in [5.74, 6) is 0.346. The number of benzene rings is 2. The summed E-state index contributed by atoms with van der Waals surface area (Å²) in [5.41, 5.74) is 1.40. The quantitative estimate of drug-likeness (QED) is 0.439. The fraction of sp³-hybridized carbons (Fsp3) is 0.381. The van der Waals surface area contributed by atoms with Crippen LogP contribution in [0.2, 0.25) is 10.0 Å². The van der Waals surface area contributed by atoms with Gasteiger partial charge in [-0.15, -0.1) is 0 Å². The highest BCUT2D eigenvalue weighted by Crippen LogP contribution is 2.35. The largest absolute Gasteiger partial charge is 0.494 e. The van der Waals surface area contributed by atoms with Crippen LogP contribution in [0.1, 0.15) is 37.3 Å². The maximum Gasteiger partial charge on any atom is 0.329 e. The number of imidazole rings is 1. The van der Waals surface area contributed by atoms with Crippen LogP contribution in [0.25, 0.3) is 11.0 Å². The third kappa shape index (κ3) is 4.03. The summed E-state index contributed by atoms with van der Waals surface area (Å²) in [6.07, 6.45) is 2.19. The van der Waals surface area contributed by atoms with E-state index in [4.69, 9.17) is 27.9 Å². The number of hydrogen-bond acceptors (Lipinski definition) is 5. The molecule has 0 bridgehead atoms. The lowest BCUT2D eigenvalue weighted by molar-refractivity contribution is -0.384. The van der Waals surface area contributed by atoms with Crippen molar-refractivity contribution in [3.63, 3.8) is 0 Å². The number of ether oxygens (including phenoxy) is 1. The van der Waals surface area contributed by atoms with E-state index in [9.17, 15) is 20.0 Å². The first-order valence-electron chi connectivity index (χ1n) is 9.89. The molecule has 0 spiro atoms. The molecule has 0 atom stereocenters. The van der Waals surface area contributed by atoms with E-state index in [1.807, 2.05) is 0 Å². The Labute approximate surface area is 187 Å². The van der Waals surface area contributed by atoms with Crippen LogP contribution in [0.5, 0.6) is 5.75 Å². The molecule has 0 unspecified atom stereocenters. The molecule has 1 heterocycles. The van der Waals surface area contributed by atoms with Crippen molar-refractivity contribution in [3.8, 4) is 5.75 Å². The molecule has 3 aromatic rings. The second kappa shape index (κ2) is 8.53. The van der Waals surface area contributed by atoms with Gasteiger partial charge in [0.2, 0.25) is 0 Å². The molecular formula is C21H21Cl2N3O5. The monoisotopic (exact) mass is 465 g/mol. The zero-order valence-corrected chi connectivity index (χ0v) is 18.3. The van der Waals surface area contributed by atoms with E-state index >= 15 is 0 Å². The van der Waals surface area contributed by atoms with Crippen molar-refractivity contribution in [1.29, 1.82) is 0 Å². The third-order valence-electron chi connectivity index (χ3n) is 5.79. The number of nitro benzene ring substituents is 1. The fourth-order valence-corrected chi connectivity index (χ4v) is 4.97. The SMILES string of the molecule is COc1c(Cl)cc(Cn2c(=O)n([C@H]3CC[C@H](O)CC3)c3ccc([N+](=O)[O-])cc32)cc1Cl. The topological polar surface area (TPSA) is 99.5 Å². The van der Waals surface area contributed by atoms with Crippen LogP contribution >= 0.6 is 23.2 Å². The van der Waals surface area contributed by atoms with Gasteiger partial charge in [0, 0.05) is 18.2 Å². The molecule has 1 aliphatic carbocycles. The minimum atomic E-state index is -0.482. The summed E-state index contributed by atoms with van der Waals surface area (Å²) in [4.78, 5) is 24.3. The summed E-state index contributed by atoms with van der Waals surface area (Å²) in [5, 5.41) is 21.8. The second-order valence-electron chi connectivity index (χ2n) is 7.72. The van der Waals surface area contributed by atoms with E-state index in [1.54, 1.807) is 22.8 Å². The number of nitro groups is 1.